The van der Waals surface area contributed by atoms with Gasteiger partial charge in [-0.3, -0.25) is 9.59 Å². The summed E-state index contributed by atoms with van der Waals surface area (Å²) in [6.45, 7) is 5.15. The van der Waals surface area contributed by atoms with Crippen LogP contribution in [0.15, 0.2) is 0 Å². The number of halogens is 1. The minimum atomic E-state index is -0.0312. The zero-order valence-corrected chi connectivity index (χ0v) is 18.4. The van der Waals surface area contributed by atoms with Gasteiger partial charge in [0.2, 0.25) is 11.8 Å². The van der Waals surface area contributed by atoms with Crippen molar-refractivity contribution in [2.24, 2.45) is 34.5 Å². The van der Waals surface area contributed by atoms with E-state index in [4.69, 9.17) is 0 Å². The van der Waals surface area contributed by atoms with Gasteiger partial charge in [0.15, 0.2) is 0 Å². The van der Waals surface area contributed by atoms with Crippen LogP contribution in [0, 0.1) is 34.5 Å². The van der Waals surface area contributed by atoms with Crippen molar-refractivity contribution in [1.29, 1.82) is 0 Å². The lowest BCUT2D eigenvalue weighted by Crippen LogP contribution is -2.58. The van der Waals surface area contributed by atoms with Gasteiger partial charge in [-0.25, -0.2) is 0 Å². The molecular weight excluding hydrogens is 386 g/mol. The average molecular weight is 422 g/mol. The van der Waals surface area contributed by atoms with E-state index in [1.165, 1.54) is 19.3 Å². The van der Waals surface area contributed by atoms with E-state index >= 15 is 0 Å². The van der Waals surface area contributed by atoms with Gasteiger partial charge in [0, 0.05) is 32.1 Å². The van der Waals surface area contributed by atoms with Crippen LogP contribution in [0.1, 0.15) is 57.8 Å². The van der Waals surface area contributed by atoms with Gasteiger partial charge in [-0.15, -0.1) is 12.4 Å². The normalized spacial score (nSPS) is 41.9. The van der Waals surface area contributed by atoms with Gasteiger partial charge in [0.05, 0.1) is 5.41 Å². The summed E-state index contributed by atoms with van der Waals surface area (Å²) >= 11 is 0. The topological polar surface area (TPSA) is 52.7 Å². The molecule has 7 fully saturated rings. The molecule has 29 heavy (non-hydrogen) atoms. The number of hydrogen-bond donors (Lipinski definition) is 1. The first kappa shape index (κ1) is 20.1. The average Bonchev–Trinajstić information content (AvgIpc) is 3.39. The van der Waals surface area contributed by atoms with Crippen LogP contribution in [0.2, 0.25) is 0 Å². The smallest absolute Gasteiger partial charge is 0.228 e. The summed E-state index contributed by atoms with van der Waals surface area (Å²) in [4.78, 5) is 30.8. The van der Waals surface area contributed by atoms with Crippen molar-refractivity contribution in [3.8, 4) is 0 Å². The Bertz CT molecular complexity index is 646. The summed E-state index contributed by atoms with van der Waals surface area (Å²) in [5.41, 5.74) is 0.283. The van der Waals surface area contributed by atoms with Crippen molar-refractivity contribution in [3.05, 3.63) is 0 Å². The molecule has 2 saturated heterocycles. The van der Waals surface area contributed by atoms with Gasteiger partial charge in [-0.05, 0) is 94.0 Å². The molecule has 0 aromatic carbocycles. The molecule has 1 spiro atoms. The first-order valence-corrected chi connectivity index (χ1v) is 11.9. The largest absolute Gasteiger partial charge is 0.339 e. The van der Waals surface area contributed by atoms with Crippen molar-refractivity contribution in [1.82, 2.24) is 15.1 Å². The highest BCUT2D eigenvalue weighted by atomic mass is 35.5. The zero-order chi connectivity index (χ0) is 18.9. The SMILES string of the molecule is Cl.O=C(C1CC12CCNCC2)N1CCN(C(=O)C23CC4CC(CC(C4)C2)C3)CC1. The number of amides is 2. The van der Waals surface area contributed by atoms with Crippen molar-refractivity contribution >= 4 is 24.2 Å². The van der Waals surface area contributed by atoms with Crippen LogP contribution in [0.5, 0.6) is 0 Å². The molecule has 7 aliphatic rings. The maximum atomic E-state index is 13.5. The molecule has 5 nitrogen and oxygen atoms in total. The molecule has 0 aromatic rings. The van der Waals surface area contributed by atoms with Crippen molar-refractivity contribution in [3.63, 3.8) is 0 Å². The van der Waals surface area contributed by atoms with Crippen LogP contribution in [-0.2, 0) is 9.59 Å². The minimum absolute atomic E-state index is 0. The second-order valence-corrected chi connectivity index (χ2v) is 11.2. The zero-order valence-electron chi connectivity index (χ0n) is 17.5. The van der Waals surface area contributed by atoms with Crippen LogP contribution in [0.3, 0.4) is 0 Å². The number of nitrogens with one attached hydrogen (secondary N) is 1. The van der Waals surface area contributed by atoms with E-state index in [2.05, 4.69) is 15.1 Å². The quantitative estimate of drug-likeness (QED) is 0.745. The highest BCUT2D eigenvalue weighted by Crippen LogP contribution is 2.61. The van der Waals surface area contributed by atoms with Crippen molar-refractivity contribution in [2.75, 3.05) is 39.3 Å². The second-order valence-electron chi connectivity index (χ2n) is 11.2. The molecule has 7 rings (SSSR count). The number of piperazine rings is 1. The fourth-order valence-electron chi connectivity index (χ4n) is 8.23. The molecule has 0 radical (unpaired) electrons. The minimum Gasteiger partial charge on any atom is -0.339 e. The van der Waals surface area contributed by atoms with E-state index in [0.717, 1.165) is 95.5 Å². The fourth-order valence-corrected chi connectivity index (χ4v) is 8.23. The predicted molar refractivity (Wildman–Crippen MR) is 114 cm³/mol. The molecule has 1 N–H and O–H groups in total. The molecule has 5 saturated carbocycles. The predicted octanol–water partition coefficient (Wildman–Crippen LogP) is 2.69. The number of hydrogen-bond acceptors (Lipinski definition) is 3. The van der Waals surface area contributed by atoms with E-state index in [1.54, 1.807) is 0 Å². The molecule has 2 heterocycles. The maximum Gasteiger partial charge on any atom is 0.228 e. The van der Waals surface area contributed by atoms with Gasteiger partial charge < -0.3 is 15.1 Å². The van der Waals surface area contributed by atoms with Crippen LogP contribution >= 0.6 is 12.4 Å². The van der Waals surface area contributed by atoms with E-state index in [-0.39, 0.29) is 23.7 Å². The molecular formula is C23H36ClN3O2. The first-order chi connectivity index (χ1) is 13.6. The lowest BCUT2D eigenvalue weighted by Gasteiger charge is -2.57. The molecule has 4 bridgehead atoms. The number of nitrogens with zero attached hydrogens (tertiary/aromatic N) is 2. The van der Waals surface area contributed by atoms with Crippen LogP contribution < -0.4 is 5.32 Å². The summed E-state index contributed by atoms with van der Waals surface area (Å²) in [6, 6.07) is 0. The number of carbonyl (C=O) groups is 2. The lowest BCUT2D eigenvalue weighted by molar-refractivity contribution is -0.160. The molecule has 5 aliphatic carbocycles. The first-order valence-electron chi connectivity index (χ1n) is 11.9. The lowest BCUT2D eigenvalue weighted by atomic mass is 9.49. The molecule has 2 amide bonds. The van der Waals surface area contributed by atoms with Crippen LogP contribution in [-0.4, -0.2) is 60.9 Å². The molecule has 6 heteroatoms. The molecule has 1 atom stereocenters. The Hall–Kier alpha value is -0.810. The van der Waals surface area contributed by atoms with Gasteiger partial charge in [-0.1, -0.05) is 0 Å². The molecule has 2 aliphatic heterocycles. The Morgan fingerprint density at radius 1 is 0.759 bits per heavy atom. The van der Waals surface area contributed by atoms with Gasteiger partial charge >= 0.3 is 0 Å². The van der Waals surface area contributed by atoms with E-state index in [1.807, 2.05) is 0 Å². The van der Waals surface area contributed by atoms with Gasteiger partial charge in [0.1, 0.15) is 0 Å². The summed E-state index contributed by atoms with van der Waals surface area (Å²) in [6.07, 6.45) is 11.0. The maximum absolute atomic E-state index is 13.5. The molecule has 162 valence electrons. The van der Waals surface area contributed by atoms with Crippen molar-refractivity contribution < 1.29 is 9.59 Å². The van der Waals surface area contributed by atoms with Gasteiger partial charge in [-0.2, -0.15) is 0 Å². The summed E-state index contributed by atoms with van der Waals surface area (Å²) in [5.74, 6) is 3.53. The Morgan fingerprint density at radius 3 is 1.83 bits per heavy atom. The Balaban J connectivity index is 0.00000181. The standard InChI is InChI=1S/C23H35N3O2.ClH/c27-20(19-15-22(19)1-3-24-4-2-22)25-5-7-26(8-6-25)21(28)23-12-16-9-17(13-23)11-18(10-16)14-23;/h16-19,24H,1-15H2;1H. The molecule has 0 aromatic heterocycles. The van der Waals surface area contributed by atoms with Crippen LogP contribution in [0.4, 0.5) is 0 Å². The third-order valence-corrected chi connectivity index (χ3v) is 9.46. The summed E-state index contributed by atoms with van der Waals surface area (Å²) in [7, 11) is 0. The van der Waals surface area contributed by atoms with E-state index < -0.39 is 0 Å². The third-order valence-electron chi connectivity index (χ3n) is 9.46. The summed E-state index contributed by atoms with van der Waals surface area (Å²) < 4.78 is 0. The Morgan fingerprint density at radius 2 is 1.28 bits per heavy atom. The number of piperidine rings is 1. The van der Waals surface area contributed by atoms with Crippen LogP contribution in [0.25, 0.3) is 0 Å². The highest BCUT2D eigenvalue weighted by Gasteiger charge is 2.59. The monoisotopic (exact) mass is 421 g/mol. The number of carbonyl (C=O) groups excluding carboxylic acids is 2. The fraction of sp³-hybridized carbons (Fsp3) is 0.913. The van der Waals surface area contributed by atoms with Gasteiger partial charge in [0.25, 0.3) is 0 Å². The van der Waals surface area contributed by atoms with E-state index in [9.17, 15) is 9.59 Å². The second kappa shape index (κ2) is 7.12. The highest BCUT2D eigenvalue weighted by molar-refractivity contribution is 5.86. The van der Waals surface area contributed by atoms with E-state index in [0.29, 0.717) is 17.2 Å². The summed E-state index contributed by atoms with van der Waals surface area (Å²) in [5, 5.41) is 3.42. The Labute approximate surface area is 180 Å². The molecule has 1 unspecified atom stereocenters. The number of rotatable bonds is 2. The van der Waals surface area contributed by atoms with Crippen molar-refractivity contribution in [2.45, 2.75) is 57.8 Å². The third kappa shape index (κ3) is 3.22. The Kier molecular flexibility index (Phi) is 4.94.